The molecule has 2 aliphatic heterocycles. The van der Waals surface area contributed by atoms with Gasteiger partial charge in [-0.15, -0.1) is 0 Å². The van der Waals surface area contributed by atoms with Gasteiger partial charge in [0.05, 0.1) is 4.92 Å². The SMILES string of the molecule is O=[N+]([O-])c1cc(CN2CCN3CCCCC3C2)ccc1Cl. The van der Waals surface area contributed by atoms with Gasteiger partial charge < -0.3 is 0 Å². The predicted molar refractivity (Wildman–Crippen MR) is 82.6 cm³/mol. The number of nitro groups is 1. The van der Waals surface area contributed by atoms with Crippen LogP contribution in [0.1, 0.15) is 24.8 Å². The Morgan fingerprint density at radius 2 is 2.14 bits per heavy atom. The largest absolute Gasteiger partial charge is 0.298 e. The van der Waals surface area contributed by atoms with Gasteiger partial charge in [0, 0.05) is 38.3 Å². The van der Waals surface area contributed by atoms with E-state index in [4.69, 9.17) is 11.6 Å². The van der Waals surface area contributed by atoms with Crippen molar-refractivity contribution < 1.29 is 4.92 Å². The molecule has 2 fully saturated rings. The van der Waals surface area contributed by atoms with Gasteiger partial charge in [0.15, 0.2) is 0 Å². The molecule has 0 N–H and O–H groups in total. The van der Waals surface area contributed by atoms with Gasteiger partial charge in [-0.3, -0.25) is 19.9 Å². The normalized spacial score (nSPS) is 23.8. The van der Waals surface area contributed by atoms with Crippen LogP contribution in [-0.4, -0.2) is 46.9 Å². The highest BCUT2D eigenvalue weighted by Crippen LogP contribution is 2.27. The van der Waals surface area contributed by atoms with E-state index in [0.717, 1.165) is 31.7 Å². The summed E-state index contributed by atoms with van der Waals surface area (Å²) in [6, 6.07) is 5.79. The summed E-state index contributed by atoms with van der Waals surface area (Å²) in [6.07, 6.45) is 3.92. The number of rotatable bonds is 3. The second-order valence-electron chi connectivity index (χ2n) is 5.96. The van der Waals surface area contributed by atoms with Gasteiger partial charge in [0.2, 0.25) is 0 Å². The van der Waals surface area contributed by atoms with Crippen molar-refractivity contribution in [2.45, 2.75) is 31.8 Å². The first-order valence-electron chi connectivity index (χ1n) is 7.53. The second-order valence-corrected chi connectivity index (χ2v) is 6.37. The monoisotopic (exact) mass is 309 g/mol. The lowest BCUT2D eigenvalue weighted by atomic mass is 9.99. The molecule has 1 atom stereocenters. The Kier molecular flexibility index (Phi) is 4.42. The van der Waals surface area contributed by atoms with Crippen LogP contribution >= 0.6 is 11.6 Å². The maximum Gasteiger partial charge on any atom is 0.288 e. The Hall–Kier alpha value is -1.17. The molecule has 21 heavy (non-hydrogen) atoms. The smallest absolute Gasteiger partial charge is 0.288 e. The van der Waals surface area contributed by atoms with Crippen LogP contribution in [0.25, 0.3) is 0 Å². The van der Waals surface area contributed by atoms with Crippen LogP contribution in [-0.2, 0) is 6.54 Å². The first-order valence-corrected chi connectivity index (χ1v) is 7.90. The maximum absolute atomic E-state index is 11.0. The number of piperidine rings is 1. The van der Waals surface area contributed by atoms with E-state index < -0.39 is 4.92 Å². The van der Waals surface area contributed by atoms with Crippen molar-refractivity contribution in [1.82, 2.24) is 9.80 Å². The van der Waals surface area contributed by atoms with E-state index in [1.54, 1.807) is 12.1 Å². The van der Waals surface area contributed by atoms with Crippen LogP contribution in [0.15, 0.2) is 18.2 Å². The molecule has 5 nitrogen and oxygen atoms in total. The lowest BCUT2D eigenvalue weighted by molar-refractivity contribution is -0.384. The molecule has 1 aromatic carbocycles. The molecule has 0 radical (unpaired) electrons. The first kappa shape index (κ1) is 14.8. The molecule has 114 valence electrons. The zero-order valence-corrected chi connectivity index (χ0v) is 12.8. The predicted octanol–water partition coefficient (Wildman–Crippen LogP) is 2.92. The molecule has 0 aliphatic carbocycles. The Bertz CT molecular complexity index is 538. The van der Waals surface area contributed by atoms with E-state index in [1.165, 1.54) is 25.8 Å². The summed E-state index contributed by atoms with van der Waals surface area (Å²) in [5.41, 5.74) is 0.973. The number of fused-ring (bicyclic) bond motifs is 1. The first-order chi connectivity index (χ1) is 10.1. The fourth-order valence-electron chi connectivity index (χ4n) is 3.42. The van der Waals surface area contributed by atoms with E-state index in [1.807, 2.05) is 6.07 Å². The van der Waals surface area contributed by atoms with Crippen molar-refractivity contribution in [2.24, 2.45) is 0 Å². The highest BCUT2D eigenvalue weighted by molar-refractivity contribution is 6.32. The Morgan fingerprint density at radius 1 is 1.29 bits per heavy atom. The highest BCUT2D eigenvalue weighted by atomic mass is 35.5. The molecule has 0 aromatic heterocycles. The van der Waals surface area contributed by atoms with E-state index in [9.17, 15) is 10.1 Å². The third-order valence-corrected chi connectivity index (χ3v) is 4.85. The minimum absolute atomic E-state index is 0.00506. The van der Waals surface area contributed by atoms with Crippen LogP contribution in [0.5, 0.6) is 0 Å². The van der Waals surface area contributed by atoms with Gasteiger partial charge in [0.25, 0.3) is 5.69 Å². The quantitative estimate of drug-likeness (QED) is 0.636. The molecule has 2 heterocycles. The zero-order valence-electron chi connectivity index (χ0n) is 12.0. The number of hydrogen-bond donors (Lipinski definition) is 0. The fraction of sp³-hybridized carbons (Fsp3) is 0.600. The Morgan fingerprint density at radius 3 is 2.95 bits per heavy atom. The second kappa shape index (κ2) is 6.30. The third-order valence-electron chi connectivity index (χ3n) is 4.53. The number of halogens is 1. The van der Waals surface area contributed by atoms with Gasteiger partial charge in [-0.25, -0.2) is 0 Å². The summed E-state index contributed by atoms with van der Waals surface area (Å²) < 4.78 is 0. The van der Waals surface area contributed by atoms with Crippen molar-refractivity contribution in [3.05, 3.63) is 38.9 Å². The lowest BCUT2D eigenvalue weighted by Gasteiger charge is -2.44. The van der Waals surface area contributed by atoms with Gasteiger partial charge in [-0.2, -0.15) is 0 Å². The van der Waals surface area contributed by atoms with Crippen molar-refractivity contribution in [2.75, 3.05) is 26.2 Å². The number of nitrogens with zero attached hydrogens (tertiary/aromatic N) is 3. The topological polar surface area (TPSA) is 49.6 Å². The third kappa shape index (κ3) is 3.36. The standard InChI is InChI=1S/C15H20ClN3O2/c16-14-5-4-12(9-15(14)19(20)21)10-17-7-8-18-6-2-1-3-13(18)11-17/h4-5,9,13H,1-3,6-8,10-11H2. The van der Waals surface area contributed by atoms with Crippen LogP contribution < -0.4 is 0 Å². The van der Waals surface area contributed by atoms with Crippen molar-refractivity contribution >= 4 is 17.3 Å². The van der Waals surface area contributed by atoms with Crippen LogP contribution in [0.2, 0.25) is 5.02 Å². The van der Waals surface area contributed by atoms with Crippen LogP contribution in [0, 0.1) is 10.1 Å². The van der Waals surface area contributed by atoms with Gasteiger partial charge in [-0.1, -0.05) is 24.1 Å². The summed E-state index contributed by atoms with van der Waals surface area (Å²) in [4.78, 5) is 15.5. The molecular weight excluding hydrogens is 290 g/mol. The molecule has 6 heteroatoms. The molecule has 1 unspecified atom stereocenters. The minimum atomic E-state index is -0.412. The number of benzene rings is 1. The summed E-state index contributed by atoms with van der Waals surface area (Å²) in [7, 11) is 0. The molecule has 2 saturated heterocycles. The van der Waals surface area contributed by atoms with Crippen LogP contribution in [0.4, 0.5) is 5.69 Å². The summed E-state index contributed by atoms with van der Waals surface area (Å²) >= 11 is 5.86. The van der Waals surface area contributed by atoms with E-state index in [2.05, 4.69) is 9.80 Å². The Labute approximate surface area is 129 Å². The molecule has 3 rings (SSSR count). The molecular formula is C15H20ClN3O2. The highest BCUT2D eigenvalue weighted by Gasteiger charge is 2.28. The van der Waals surface area contributed by atoms with E-state index in [-0.39, 0.29) is 10.7 Å². The zero-order chi connectivity index (χ0) is 14.8. The average Bonchev–Trinajstić information content (AvgIpc) is 2.49. The molecule has 0 bridgehead atoms. The average molecular weight is 310 g/mol. The lowest BCUT2D eigenvalue weighted by Crippen LogP contribution is -2.54. The Balaban J connectivity index is 1.66. The minimum Gasteiger partial charge on any atom is -0.298 e. The molecule has 0 amide bonds. The van der Waals surface area contributed by atoms with Crippen molar-refractivity contribution in [3.8, 4) is 0 Å². The van der Waals surface area contributed by atoms with Crippen LogP contribution in [0.3, 0.4) is 0 Å². The molecule has 0 saturated carbocycles. The van der Waals surface area contributed by atoms with E-state index >= 15 is 0 Å². The van der Waals surface area contributed by atoms with Gasteiger partial charge in [-0.05, 0) is 31.0 Å². The maximum atomic E-state index is 11.0. The number of hydrogen-bond acceptors (Lipinski definition) is 4. The van der Waals surface area contributed by atoms with Gasteiger partial charge >= 0.3 is 0 Å². The van der Waals surface area contributed by atoms with Gasteiger partial charge in [0.1, 0.15) is 5.02 Å². The van der Waals surface area contributed by atoms with E-state index in [0.29, 0.717) is 6.04 Å². The van der Waals surface area contributed by atoms with Crippen molar-refractivity contribution in [3.63, 3.8) is 0 Å². The molecule has 0 spiro atoms. The fourth-order valence-corrected chi connectivity index (χ4v) is 3.61. The number of piperazine rings is 1. The summed E-state index contributed by atoms with van der Waals surface area (Å²) in [5, 5.41) is 11.2. The summed E-state index contributed by atoms with van der Waals surface area (Å²) in [6.45, 7) is 5.21. The summed E-state index contributed by atoms with van der Waals surface area (Å²) in [5.74, 6) is 0. The molecule has 1 aromatic rings. The van der Waals surface area contributed by atoms with Crippen molar-refractivity contribution in [1.29, 1.82) is 0 Å². The molecule has 2 aliphatic rings. The number of nitro benzene ring substituents is 1.